The molecule has 0 radical (unpaired) electrons. The molecule has 2 N–H and O–H groups in total. The summed E-state index contributed by atoms with van der Waals surface area (Å²) in [7, 11) is 0. The number of carbonyl (C=O) groups excluding carboxylic acids is 1. The van der Waals surface area contributed by atoms with Gasteiger partial charge in [-0.3, -0.25) is 4.79 Å². The van der Waals surface area contributed by atoms with Crippen LogP contribution in [0.5, 0.6) is 0 Å². The molecule has 0 saturated carbocycles. The molecule has 1 saturated heterocycles. The fraction of sp³-hybridized carbons (Fsp3) is 0.250. The molecular weight excluding hydrogens is 362 g/mol. The Kier molecular flexibility index (Phi) is 6.21. The number of halogens is 1. The van der Waals surface area contributed by atoms with Crippen molar-refractivity contribution in [3.8, 4) is 11.1 Å². The standard InChI is InChI=1S/C20H21N5O.ClH/c26-20(19-14-25(24-23-19)16-10-12-21-13-11-16)22-18-9-5-4-8-17(18)15-6-2-1-3-7-15;/h1-9,14,16,21H,10-13H2,(H,22,26);1H. The number of para-hydroxylation sites is 1. The minimum atomic E-state index is -0.242. The molecule has 1 aliphatic heterocycles. The topological polar surface area (TPSA) is 71.8 Å². The van der Waals surface area contributed by atoms with Crippen LogP contribution in [0.4, 0.5) is 5.69 Å². The van der Waals surface area contributed by atoms with E-state index in [2.05, 4.69) is 20.9 Å². The number of hydrogen-bond donors (Lipinski definition) is 2. The van der Waals surface area contributed by atoms with Crippen molar-refractivity contribution in [1.82, 2.24) is 20.3 Å². The zero-order valence-corrected chi connectivity index (χ0v) is 15.7. The number of nitrogens with zero attached hydrogens (tertiary/aromatic N) is 3. The van der Waals surface area contributed by atoms with E-state index in [9.17, 15) is 4.79 Å². The van der Waals surface area contributed by atoms with E-state index in [1.54, 1.807) is 6.20 Å². The molecule has 2 aromatic carbocycles. The molecule has 3 aromatic rings. The monoisotopic (exact) mass is 383 g/mol. The summed E-state index contributed by atoms with van der Waals surface area (Å²) in [6, 6.07) is 18.1. The number of hydrogen-bond acceptors (Lipinski definition) is 4. The molecule has 0 spiro atoms. The molecule has 6 nitrogen and oxygen atoms in total. The van der Waals surface area contributed by atoms with Gasteiger partial charge >= 0.3 is 0 Å². The van der Waals surface area contributed by atoms with E-state index in [-0.39, 0.29) is 18.3 Å². The average Bonchev–Trinajstić information content (AvgIpc) is 3.20. The van der Waals surface area contributed by atoms with Gasteiger partial charge in [0.25, 0.3) is 5.91 Å². The van der Waals surface area contributed by atoms with Crippen molar-refractivity contribution in [1.29, 1.82) is 0 Å². The number of benzene rings is 2. The van der Waals surface area contributed by atoms with Gasteiger partial charge in [-0.1, -0.05) is 53.7 Å². The summed E-state index contributed by atoms with van der Waals surface area (Å²) in [4.78, 5) is 12.7. The largest absolute Gasteiger partial charge is 0.320 e. The predicted molar refractivity (Wildman–Crippen MR) is 108 cm³/mol. The van der Waals surface area contributed by atoms with Crippen LogP contribution in [0, 0.1) is 0 Å². The second kappa shape index (κ2) is 8.79. The highest BCUT2D eigenvalue weighted by Crippen LogP contribution is 2.28. The number of aromatic nitrogens is 3. The van der Waals surface area contributed by atoms with Crippen LogP contribution in [-0.4, -0.2) is 34.0 Å². The molecule has 1 fully saturated rings. The lowest BCUT2D eigenvalue weighted by molar-refractivity contribution is 0.102. The summed E-state index contributed by atoms with van der Waals surface area (Å²) < 4.78 is 1.82. The molecule has 140 valence electrons. The number of anilines is 1. The maximum absolute atomic E-state index is 12.7. The SMILES string of the molecule is Cl.O=C(Nc1ccccc1-c1ccccc1)c1cn(C2CCNCC2)nn1. The van der Waals surface area contributed by atoms with Gasteiger partial charge in [-0.2, -0.15) is 0 Å². The number of nitrogens with one attached hydrogen (secondary N) is 2. The van der Waals surface area contributed by atoms with E-state index in [0.29, 0.717) is 11.7 Å². The first-order valence-electron chi connectivity index (χ1n) is 8.89. The van der Waals surface area contributed by atoms with Crippen molar-refractivity contribution >= 4 is 24.0 Å². The summed E-state index contributed by atoms with van der Waals surface area (Å²) in [6.07, 6.45) is 3.75. The fourth-order valence-corrected chi connectivity index (χ4v) is 3.28. The Morgan fingerprint density at radius 3 is 2.52 bits per heavy atom. The molecule has 1 aliphatic rings. The zero-order valence-electron chi connectivity index (χ0n) is 14.8. The van der Waals surface area contributed by atoms with Gasteiger partial charge in [0.1, 0.15) is 0 Å². The van der Waals surface area contributed by atoms with Crippen LogP contribution in [-0.2, 0) is 0 Å². The first kappa shape index (κ1) is 19.1. The highest BCUT2D eigenvalue weighted by Gasteiger charge is 2.19. The van der Waals surface area contributed by atoms with E-state index in [0.717, 1.165) is 42.7 Å². The summed E-state index contributed by atoms with van der Waals surface area (Å²) in [5.74, 6) is -0.242. The van der Waals surface area contributed by atoms with Gasteiger partial charge in [0.2, 0.25) is 0 Å². The number of rotatable bonds is 4. The smallest absolute Gasteiger partial charge is 0.277 e. The molecule has 7 heteroatoms. The van der Waals surface area contributed by atoms with Crippen LogP contribution in [0.3, 0.4) is 0 Å². The number of carbonyl (C=O) groups is 1. The Bertz CT molecular complexity index is 890. The molecule has 1 aromatic heterocycles. The van der Waals surface area contributed by atoms with Crippen molar-refractivity contribution < 1.29 is 4.79 Å². The maximum Gasteiger partial charge on any atom is 0.277 e. The van der Waals surface area contributed by atoms with Gasteiger partial charge in [-0.05, 0) is 37.6 Å². The van der Waals surface area contributed by atoms with Gasteiger partial charge in [-0.25, -0.2) is 4.68 Å². The van der Waals surface area contributed by atoms with Gasteiger partial charge < -0.3 is 10.6 Å². The molecule has 0 unspecified atom stereocenters. The van der Waals surface area contributed by atoms with Gasteiger partial charge in [0, 0.05) is 11.3 Å². The van der Waals surface area contributed by atoms with Crippen molar-refractivity contribution in [2.24, 2.45) is 0 Å². The van der Waals surface area contributed by atoms with Crippen LogP contribution in [0.2, 0.25) is 0 Å². The van der Waals surface area contributed by atoms with Crippen LogP contribution < -0.4 is 10.6 Å². The lowest BCUT2D eigenvalue weighted by Gasteiger charge is -2.22. The summed E-state index contributed by atoms with van der Waals surface area (Å²) >= 11 is 0. The predicted octanol–water partition coefficient (Wildman–Crippen LogP) is 3.54. The van der Waals surface area contributed by atoms with Gasteiger partial charge in [0.05, 0.1) is 12.2 Å². The van der Waals surface area contributed by atoms with E-state index in [1.165, 1.54) is 0 Å². The molecule has 1 amide bonds. The zero-order chi connectivity index (χ0) is 17.8. The van der Waals surface area contributed by atoms with Crippen molar-refractivity contribution in [3.05, 3.63) is 66.5 Å². The van der Waals surface area contributed by atoms with Crippen molar-refractivity contribution in [2.75, 3.05) is 18.4 Å². The van der Waals surface area contributed by atoms with E-state index >= 15 is 0 Å². The normalized spacial score (nSPS) is 14.4. The third-order valence-corrected chi connectivity index (χ3v) is 4.69. The third kappa shape index (κ3) is 4.35. The number of piperidine rings is 1. The van der Waals surface area contributed by atoms with Crippen molar-refractivity contribution in [3.63, 3.8) is 0 Å². The highest BCUT2D eigenvalue weighted by atomic mass is 35.5. The van der Waals surface area contributed by atoms with Crippen LogP contribution in [0.1, 0.15) is 29.4 Å². The minimum Gasteiger partial charge on any atom is -0.320 e. The Morgan fingerprint density at radius 1 is 1.04 bits per heavy atom. The second-order valence-electron chi connectivity index (χ2n) is 6.43. The maximum atomic E-state index is 12.7. The Labute approximate surface area is 164 Å². The van der Waals surface area contributed by atoms with E-state index < -0.39 is 0 Å². The molecule has 27 heavy (non-hydrogen) atoms. The Hall–Kier alpha value is -2.70. The summed E-state index contributed by atoms with van der Waals surface area (Å²) in [5.41, 5.74) is 3.14. The molecule has 0 bridgehead atoms. The molecule has 2 heterocycles. The fourth-order valence-electron chi connectivity index (χ4n) is 3.28. The highest BCUT2D eigenvalue weighted by molar-refractivity contribution is 6.04. The lowest BCUT2D eigenvalue weighted by Crippen LogP contribution is -2.29. The van der Waals surface area contributed by atoms with Gasteiger partial charge in [-0.15, -0.1) is 17.5 Å². The first-order chi connectivity index (χ1) is 12.8. The molecule has 0 aliphatic carbocycles. The summed E-state index contributed by atoms with van der Waals surface area (Å²) in [6.45, 7) is 1.94. The Morgan fingerprint density at radius 2 is 1.74 bits per heavy atom. The van der Waals surface area contributed by atoms with Gasteiger partial charge in [0.15, 0.2) is 5.69 Å². The average molecular weight is 384 g/mol. The molecule has 0 atom stereocenters. The van der Waals surface area contributed by atoms with E-state index in [4.69, 9.17) is 0 Å². The lowest BCUT2D eigenvalue weighted by atomic mass is 10.0. The van der Waals surface area contributed by atoms with Crippen LogP contribution in [0.15, 0.2) is 60.8 Å². The van der Waals surface area contributed by atoms with Crippen LogP contribution >= 0.6 is 12.4 Å². The van der Waals surface area contributed by atoms with E-state index in [1.807, 2.05) is 59.3 Å². The second-order valence-corrected chi connectivity index (χ2v) is 6.43. The van der Waals surface area contributed by atoms with Crippen molar-refractivity contribution in [2.45, 2.75) is 18.9 Å². The number of amides is 1. The molecular formula is C20H22ClN5O. The van der Waals surface area contributed by atoms with Crippen LogP contribution in [0.25, 0.3) is 11.1 Å². The molecule has 4 rings (SSSR count). The summed E-state index contributed by atoms with van der Waals surface area (Å²) in [5, 5.41) is 14.5. The minimum absolute atomic E-state index is 0. The first-order valence-corrected chi connectivity index (χ1v) is 8.89. The third-order valence-electron chi connectivity index (χ3n) is 4.69. The quantitative estimate of drug-likeness (QED) is 0.722. The Balaban J connectivity index is 0.00000210.